The molecule has 2 aliphatic rings. The minimum absolute atomic E-state index is 0.00400. The van der Waals surface area contributed by atoms with Crippen LogP contribution in [-0.4, -0.2) is 13.3 Å². The summed E-state index contributed by atoms with van der Waals surface area (Å²) < 4.78 is -0.0884. The highest BCUT2D eigenvalue weighted by atomic mass is 35.6. The molecule has 1 fully saturated rings. The number of fused-ring (bicyclic) bond motifs is 1. The fourth-order valence-corrected chi connectivity index (χ4v) is 3.41. The predicted molar refractivity (Wildman–Crippen MR) is 69.2 cm³/mol. The van der Waals surface area contributed by atoms with Crippen LogP contribution in [0.4, 0.5) is 0 Å². The number of amides is 1. The smallest absolute Gasteiger partial charge is 0.256 e. The molecule has 0 bridgehead atoms. The molecule has 0 radical (unpaired) electrons. The first-order chi connectivity index (χ1) is 7.40. The molecule has 1 amide bonds. The largest absolute Gasteiger partial charge is 0.273 e. The van der Waals surface area contributed by atoms with Crippen LogP contribution in [0.3, 0.4) is 0 Å². The maximum absolute atomic E-state index is 12.1. The van der Waals surface area contributed by atoms with Gasteiger partial charge in [0.25, 0.3) is 3.12 Å². The van der Waals surface area contributed by atoms with Crippen LogP contribution in [-0.2, 0) is 4.79 Å². The summed E-state index contributed by atoms with van der Waals surface area (Å²) in [6.45, 7) is 3.93. The molecule has 1 aliphatic heterocycles. The Morgan fingerprint density at radius 2 is 1.88 bits per heavy atom. The van der Waals surface area contributed by atoms with Gasteiger partial charge in [0.15, 0.2) is 0 Å². The van der Waals surface area contributed by atoms with Crippen molar-refractivity contribution in [3.05, 3.63) is 24.4 Å². The van der Waals surface area contributed by atoms with E-state index in [1.54, 1.807) is 0 Å². The van der Waals surface area contributed by atoms with Crippen LogP contribution in [0.2, 0.25) is 0 Å². The van der Waals surface area contributed by atoms with Crippen molar-refractivity contribution in [2.45, 2.75) is 16.0 Å². The summed E-state index contributed by atoms with van der Waals surface area (Å²) in [5.74, 6) is 0.130. The number of alkyl halides is 3. The average Bonchev–Trinajstić information content (AvgIpc) is 2.43. The number of rotatable bonds is 1. The molecule has 2 rings (SSSR count). The Morgan fingerprint density at radius 1 is 1.31 bits per heavy atom. The van der Waals surface area contributed by atoms with Gasteiger partial charge in [-0.05, 0) is 12.8 Å². The molecule has 0 aromatic rings. The van der Waals surface area contributed by atoms with E-state index in [-0.39, 0.29) is 17.7 Å². The van der Waals surface area contributed by atoms with Gasteiger partial charge in [0.1, 0.15) is 0 Å². The van der Waals surface area contributed by atoms with E-state index >= 15 is 0 Å². The highest BCUT2D eigenvalue weighted by molar-refractivity contribution is 8.03. The number of hydrogen-bond acceptors (Lipinski definition) is 2. The Morgan fingerprint density at radius 3 is 2.38 bits per heavy atom. The molecule has 2 nitrogen and oxygen atoms in total. The number of hydrogen-bond donors (Lipinski definition) is 0. The lowest BCUT2D eigenvalue weighted by molar-refractivity contribution is -0.126. The molecule has 0 saturated carbocycles. The maximum Gasteiger partial charge on any atom is 0.256 e. The fourth-order valence-electron chi connectivity index (χ4n) is 2.11. The molecule has 0 aromatic heterocycles. The van der Waals surface area contributed by atoms with Crippen molar-refractivity contribution >= 4 is 52.7 Å². The average molecular weight is 299 g/mol. The minimum atomic E-state index is -1.53. The highest BCUT2D eigenvalue weighted by Crippen LogP contribution is 2.50. The van der Waals surface area contributed by atoms with Crippen LogP contribution in [0.25, 0.3) is 0 Å². The second kappa shape index (κ2) is 4.45. The summed E-state index contributed by atoms with van der Waals surface area (Å²) in [4.78, 5) is 12.1. The molecule has 0 N–H and O–H groups in total. The van der Waals surface area contributed by atoms with E-state index in [1.807, 2.05) is 6.08 Å². The summed E-state index contributed by atoms with van der Waals surface area (Å²) in [7, 11) is 0. The predicted octanol–water partition coefficient (Wildman–Crippen LogP) is 3.90. The van der Waals surface area contributed by atoms with Gasteiger partial charge in [-0.3, -0.25) is 9.10 Å². The van der Waals surface area contributed by atoms with Crippen molar-refractivity contribution in [3.8, 4) is 0 Å². The first-order valence-electron chi connectivity index (χ1n) is 4.84. The van der Waals surface area contributed by atoms with Gasteiger partial charge in [-0.2, -0.15) is 0 Å². The fraction of sp³-hybridized carbons (Fsp3) is 0.500. The first kappa shape index (κ1) is 12.6. The van der Waals surface area contributed by atoms with Crippen molar-refractivity contribution in [3.63, 3.8) is 0 Å². The molecular weight excluding hydrogens is 289 g/mol. The summed E-state index contributed by atoms with van der Waals surface area (Å²) in [5, 5.41) is 0. The normalized spacial score (nSPS) is 29.8. The molecule has 1 aliphatic carbocycles. The van der Waals surface area contributed by atoms with Gasteiger partial charge in [0.05, 0.1) is 5.92 Å². The minimum Gasteiger partial charge on any atom is -0.273 e. The molecule has 6 heteroatoms. The van der Waals surface area contributed by atoms with Crippen molar-refractivity contribution in [2.24, 2.45) is 11.8 Å². The Bertz CT molecular complexity index is 338. The Labute approximate surface area is 114 Å². The van der Waals surface area contributed by atoms with E-state index in [2.05, 4.69) is 12.7 Å². The zero-order chi connectivity index (χ0) is 11.9. The van der Waals surface area contributed by atoms with Crippen LogP contribution >= 0.6 is 46.8 Å². The molecular formula is C10H10Cl3NOS. The summed E-state index contributed by atoms with van der Waals surface area (Å²) in [5.41, 5.74) is 0.746. The molecule has 1 saturated heterocycles. The van der Waals surface area contributed by atoms with Gasteiger partial charge in [-0.15, -0.1) is 0 Å². The molecule has 2 unspecified atom stereocenters. The second-order valence-electron chi connectivity index (χ2n) is 3.82. The molecule has 0 spiro atoms. The maximum atomic E-state index is 12.1. The Balaban J connectivity index is 2.18. The van der Waals surface area contributed by atoms with Crippen molar-refractivity contribution in [1.82, 2.24) is 4.31 Å². The molecule has 1 heterocycles. The van der Waals surface area contributed by atoms with Crippen LogP contribution < -0.4 is 0 Å². The Hall–Kier alpha value is 0.170. The van der Waals surface area contributed by atoms with E-state index in [1.165, 1.54) is 4.31 Å². The third-order valence-electron chi connectivity index (χ3n) is 2.83. The lowest BCUT2D eigenvalue weighted by atomic mass is 9.84. The summed E-state index contributed by atoms with van der Waals surface area (Å²) in [6, 6.07) is 0. The zero-order valence-corrected chi connectivity index (χ0v) is 11.4. The summed E-state index contributed by atoms with van der Waals surface area (Å²) in [6.07, 6.45) is 5.69. The first-order valence-corrected chi connectivity index (χ1v) is 6.74. The van der Waals surface area contributed by atoms with E-state index in [0.717, 1.165) is 30.5 Å². The molecule has 88 valence electrons. The van der Waals surface area contributed by atoms with Gasteiger partial charge in [-0.25, -0.2) is 0 Å². The second-order valence-corrected chi connectivity index (χ2v) is 7.93. The van der Waals surface area contributed by atoms with Gasteiger partial charge in [-0.1, -0.05) is 53.5 Å². The molecule has 0 aromatic carbocycles. The highest BCUT2D eigenvalue weighted by Gasteiger charge is 2.46. The topological polar surface area (TPSA) is 20.3 Å². The number of halogens is 3. The SMILES string of the molecule is C=C1C2CC=CCC2C(=O)N1SC(Cl)(Cl)Cl. The quantitative estimate of drug-likeness (QED) is 0.416. The number of carbonyl (C=O) groups is 1. The lowest BCUT2D eigenvalue weighted by Gasteiger charge is -2.21. The number of allylic oxidation sites excluding steroid dienone is 3. The van der Waals surface area contributed by atoms with Gasteiger partial charge < -0.3 is 0 Å². The van der Waals surface area contributed by atoms with E-state index in [0.29, 0.717) is 0 Å². The standard InChI is InChI=1S/C10H10Cl3NOS/c1-6-7-4-2-3-5-8(7)9(15)14(6)16-10(11,12)13/h2-3,7-8H,1,4-5H2. The number of carbonyl (C=O) groups excluding carboxylic acids is 1. The number of nitrogens with zero attached hydrogens (tertiary/aromatic N) is 1. The van der Waals surface area contributed by atoms with Gasteiger partial charge in [0, 0.05) is 23.6 Å². The van der Waals surface area contributed by atoms with Crippen molar-refractivity contribution < 1.29 is 4.79 Å². The lowest BCUT2D eigenvalue weighted by Crippen LogP contribution is -2.23. The van der Waals surface area contributed by atoms with Crippen LogP contribution in [0.5, 0.6) is 0 Å². The van der Waals surface area contributed by atoms with Crippen molar-refractivity contribution in [1.29, 1.82) is 0 Å². The third kappa shape index (κ3) is 2.37. The van der Waals surface area contributed by atoms with Crippen LogP contribution in [0, 0.1) is 11.8 Å². The van der Waals surface area contributed by atoms with Gasteiger partial charge in [0.2, 0.25) is 5.91 Å². The summed E-state index contributed by atoms with van der Waals surface area (Å²) >= 11 is 18.0. The zero-order valence-electron chi connectivity index (χ0n) is 8.33. The monoisotopic (exact) mass is 297 g/mol. The van der Waals surface area contributed by atoms with E-state index < -0.39 is 3.12 Å². The Kier molecular flexibility index (Phi) is 3.51. The van der Waals surface area contributed by atoms with Crippen LogP contribution in [0.15, 0.2) is 24.4 Å². The van der Waals surface area contributed by atoms with Crippen molar-refractivity contribution in [2.75, 3.05) is 0 Å². The molecule has 2 atom stereocenters. The third-order valence-corrected chi connectivity index (χ3v) is 4.26. The molecule has 16 heavy (non-hydrogen) atoms. The van der Waals surface area contributed by atoms with E-state index in [4.69, 9.17) is 34.8 Å². The van der Waals surface area contributed by atoms with Gasteiger partial charge >= 0.3 is 0 Å². The van der Waals surface area contributed by atoms with Crippen LogP contribution in [0.1, 0.15) is 12.8 Å². The van der Waals surface area contributed by atoms with E-state index in [9.17, 15) is 4.79 Å².